The minimum absolute atomic E-state index is 0.0121. The molecule has 0 unspecified atom stereocenters. The first-order valence-electron chi connectivity index (χ1n) is 9.86. The number of pyridine rings is 1. The molecule has 7 nitrogen and oxygen atoms in total. The lowest BCUT2D eigenvalue weighted by molar-refractivity contribution is -0.137. The van der Waals surface area contributed by atoms with E-state index in [1.54, 1.807) is 13.2 Å². The molecule has 1 aliphatic rings. The molecule has 146 valence electrons. The van der Waals surface area contributed by atoms with E-state index in [2.05, 4.69) is 20.4 Å². The molecule has 0 saturated heterocycles. The lowest BCUT2D eigenvalue weighted by atomic mass is 9.84. The highest BCUT2D eigenvalue weighted by molar-refractivity contribution is 5.69. The first kappa shape index (κ1) is 19.3. The van der Waals surface area contributed by atoms with Crippen molar-refractivity contribution in [2.45, 2.75) is 63.7 Å². The van der Waals surface area contributed by atoms with Crippen LogP contribution in [0.25, 0.3) is 11.4 Å². The molecular weight excluding hydrogens is 344 g/mol. The molecule has 0 bridgehead atoms. The third-order valence-corrected chi connectivity index (χ3v) is 5.39. The quantitative estimate of drug-likeness (QED) is 0.669. The van der Waals surface area contributed by atoms with Crippen molar-refractivity contribution in [1.29, 1.82) is 0 Å². The first-order chi connectivity index (χ1) is 13.2. The molecule has 2 aromatic rings. The Bertz CT molecular complexity index is 740. The Balaban J connectivity index is 1.67. The van der Waals surface area contributed by atoms with E-state index in [1.165, 1.54) is 32.1 Å². The third kappa shape index (κ3) is 5.28. The molecule has 0 spiro atoms. The maximum atomic E-state index is 11.3. The van der Waals surface area contributed by atoms with E-state index < -0.39 is 5.97 Å². The molecule has 3 rings (SSSR count). The highest BCUT2D eigenvalue weighted by Gasteiger charge is 2.24. The van der Waals surface area contributed by atoms with Gasteiger partial charge < -0.3 is 14.9 Å². The van der Waals surface area contributed by atoms with Gasteiger partial charge in [0.25, 0.3) is 0 Å². The summed E-state index contributed by atoms with van der Waals surface area (Å²) in [7, 11) is 1.78. The summed E-state index contributed by atoms with van der Waals surface area (Å²) in [6.45, 7) is 0. The Morgan fingerprint density at radius 3 is 2.93 bits per heavy atom. The zero-order valence-corrected chi connectivity index (χ0v) is 15.9. The van der Waals surface area contributed by atoms with E-state index in [1.807, 2.05) is 12.1 Å². The number of aromatic nitrogens is 3. The van der Waals surface area contributed by atoms with Crippen LogP contribution in [0.2, 0.25) is 0 Å². The smallest absolute Gasteiger partial charge is 0.304 e. The van der Waals surface area contributed by atoms with Crippen molar-refractivity contribution in [2.75, 3.05) is 12.4 Å². The summed E-state index contributed by atoms with van der Waals surface area (Å²) < 4.78 is 5.44. The molecule has 2 heterocycles. The second-order valence-corrected chi connectivity index (χ2v) is 7.34. The van der Waals surface area contributed by atoms with Crippen molar-refractivity contribution in [3.05, 3.63) is 24.2 Å². The minimum Gasteiger partial charge on any atom is -0.481 e. The average Bonchev–Trinajstić information content (AvgIpc) is 3.17. The number of anilines is 1. The van der Waals surface area contributed by atoms with Crippen LogP contribution in [0.1, 0.15) is 69.6 Å². The number of nitrogens with one attached hydrogen (secondary N) is 1. The Labute approximate surface area is 159 Å². The zero-order chi connectivity index (χ0) is 19.1. The number of carbonyl (C=O) groups is 1. The summed E-state index contributed by atoms with van der Waals surface area (Å²) in [6, 6.07) is 3.67. The molecule has 0 aromatic carbocycles. The molecule has 0 aliphatic heterocycles. The molecular formula is C20H28N4O3. The highest BCUT2D eigenvalue weighted by atomic mass is 16.5. The standard InChI is InChI=1S/C20H28N4O3/c1-21-18-16(11-6-12-22-18)19-23-20(27-24-19)15(13-17(25)26)10-5-9-14-7-3-2-4-8-14/h6,11-12,14-15H,2-5,7-10,13H2,1H3,(H,21,22)(H,25,26)/t15-/m1/s1. The Kier molecular flexibility index (Phi) is 6.79. The van der Waals surface area contributed by atoms with Gasteiger partial charge in [-0.2, -0.15) is 4.98 Å². The molecule has 0 radical (unpaired) electrons. The fraction of sp³-hybridized carbons (Fsp3) is 0.600. The van der Waals surface area contributed by atoms with Crippen LogP contribution in [0.3, 0.4) is 0 Å². The maximum Gasteiger partial charge on any atom is 0.304 e. The van der Waals surface area contributed by atoms with E-state index in [0.29, 0.717) is 17.5 Å². The molecule has 27 heavy (non-hydrogen) atoms. The first-order valence-corrected chi connectivity index (χ1v) is 9.86. The number of hydrogen-bond acceptors (Lipinski definition) is 6. The van der Waals surface area contributed by atoms with Crippen molar-refractivity contribution in [2.24, 2.45) is 5.92 Å². The third-order valence-electron chi connectivity index (χ3n) is 5.39. The summed E-state index contributed by atoms with van der Waals surface area (Å²) in [5, 5.41) is 16.4. The van der Waals surface area contributed by atoms with Crippen LogP contribution in [-0.2, 0) is 4.79 Å². The minimum atomic E-state index is -0.838. The van der Waals surface area contributed by atoms with Crippen LogP contribution in [0.4, 0.5) is 5.82 Å². The normalized spacial score (nSPS) is 16.2. The van der Waals surface area contributed by atoms with Gasteiger partial charge in [0.05, 0.1) is 12.0 Å². The van der Waals surface area contributed by atoms with Crippen molar-refractivity contribution in [3.8, 4) is 11.4 Å². The number of hydrogen-bond donors (Lipinski definition) is 2. The fourth-order valence-electron chi connectivity index (χ4n) is 3.95. The van der Waals surface area contributed by atoms with Gasteiger partial charge in [0.1, 0.15) is 5.82 Å². The van der Waals surface area contributed by atoms with Gasteiger partial charge in [-0.3, -0.25) is 4.79 Å². The van der Waals surface area contributed by atoms with Crippen molar-refractivity contribution in [3.63, 3.8) is 0 Å². The van der Waals surface area contributed by atoms with Crippen LogP contribution >= 0.6 is 0 Å². The van der Waals surface area contributed by atoms with E-state index in [0.717, 1.165) is 30.7 Å². The van der Waals surface area contributed by atoms with Crippen LogP contribution in [-0.4, -0.2) is 33.2 Å². The van der Waals surface area contributed by atoms with Crippen LogP contribution in [0.5, 0.6) is 0 Å². The zero-order valence-electron chi connectivity index (χ0n) is 15.9. The SMILES string of the molecule is CNc1ncccc1-c1noc([C@H](CCCC2CCCCC2)CC(=O)O)n1. The van der Waals surface area contributed by atoms with Crippen LogP contribution in [0, 0.1) is 5.92 Å². The molecule has 1 aliphatic carbocycles. The topological polar surface area (TPSA) is 101 Å². The van der Waals surface area contributed by atoms with E-state index in [-0.39, 0.29) is 12.3 Å². The van der Waals surface area contributed by atoms with Crippen molar-refractivity contribution < 1.29 is 14.4 Å². The van der Waals surface area contributed by atoms with Crippen molar-refractivity contribution >= 4 is 11.8 Å². The number of nitrogens with zero attached hydrogens (tertiary/aromatic N) is 3. The van der Waals surface area contributed by atoms with E-state index in [9.17, 15) is 9.90 Å². The fourth-order valence-corrected chi connectivity index (χ4v) is 3.95. The maximum absolute atomic E-state index is 11.3. The molecule has 0 amide bonds. The number of carboxylic acid groups (broad SMARTS) is 1. The van der Waals surface area contributed by atoms with Gasteiger partial charge in [0, 0.05) is 19.2 Å². The van der Waals surface area contributed by atoms with Gasteiger partial charge in [-0.05, 0) is 24.5 Å². The lowest BCUT2D eigenvalue weighted by Crippen LogP contribution is -2.10. The second kappa shape index (κ2) is 9.48. The average molecular weight is 372 g/mol. The molecule has 1 saturated carbocycles. The number of carboxylic acids is 1. The summed E-state index contributed by atoms with van der Waals surface area (Å²) in [6.07, 6.45) is 11.2. The van der Waals surface area contributed by atoms with E-state index >= 15 is 0 Å². The summed E-state index contributed by atoms with van der Waals surface area (Å²) in [5.41, 5.74) is 0.742. The lowest BCUT2D eigenvalue weighted by Gasteiger charge is -2.21. The molecule has 2 N–H and O–H groups in total. The predicted octanol–water partition coefficient (Wildman–Crippen LogP) is 4.48. The van der Waals surface area contributed by atoms with Gasteiger partial charge in [-0.25, -0.2) is 4.98 Å². The number of aliphatic carboxylic acids is 1. The largest absolute Gasteiger partial charge is 0.481 e. The van der Waals surface area contributed by atoms with Crippen LogP contribution < -0.4 is 5.32 Å². The van der Waals surface area contributed by atoms with E-state index in [4.69, 9.17) is 4.52 Å². The van der Waals surface area contributed by atoms with Crippen molar-refractivity contribution in [1.82, 2.24) is 15.1 Å². The molecule has 1 fully saturated rings. The van der Waals surface area contributed by atoms with Gasteiger partial charge in [-0.15, -0.1) is 0 Å². The summed E-state index contributed by atoms with van der Waals surface area (Å²) in [5.74, 6) is 1.21. The molecule has 2 aromatic heterocycles. The molecule has 7 heteroatoms. The second-order valence-electron chi connectivity index (χ2n) is 7.34. The van der Waals surface area contributed by atoms with Gasteiger partial charge in [-0.1, -0.05) is 50.1 Å². The summed E-state index contributed by atoms with van der Waals surface area (Å²) >= 11 is 0. The Hall–Kier alpha value is -2.44. The monoisotopic (exact) mass is 372 g/mol. The highest BCUT2D eigenvalue weighted by Crippen LogP contribution is 2.32. The molecule has 1 atom stereocenters. The van der Waals surface area contributed by atoms with Gasteiger partial charge in [0.15, 0.2) is 0 Å². The number of rotatable bonds is 9. The predicted molar refractivity (Wildman–Crippen MR) is 102 cm³/mol. The Morgan fingerprint density at radius 1 is 1.37 bits per heavy atom. The van der Waals surface area contributed by atoms with Gasteiger partial charge in [0.2, 0.25) is 11.7 Å². The van der Waals surface area contributed by atoms with Crippen LogP contribution in [0.15, 0.2) is 22.9 Å². The Morgan fingerprint density at radius 2 is 2.19 bits per heavy atom. The van der Waals surface area contributed by atoms with Gasteiger partial charge >= 0.3 is 5.97 Å². The summed E-state index contributed by atoms with van der Waals surface area (Å²) in [4.78, 5) is 20.1.